The van der Waals surface area contributed by atoms with E-state index in [-0.39, 0.29) is 17.1 Å². The molecule has 0 spiro atoms. The van der Waals surface area contributed by atoms with Crippen LogP contribution in [0.1, 0.15) is 47.7 Å². The van der Waals surface area contributed by atoms with E-state index in [1.165, 1.54) is 11.8 Å². The number of unbranched alkanes of at least 4 members (excludes halogenated alkanes) is 2. The Bertz CT molecular complexity index is 1320. The first-order valence-corrected chi connectivity index (χ1v) is 11.6. The van der Waals surface area contributed by atoms with Gasteiger partial charge in [-0.15, -0.1) is 10.2 Å². The second-order valence-corrected chi connectivity index (χ2v) is 8.77. The van der Waals surface area contributed by atoms with Crippen LogP contribution in [0.5, 0.6) is 0 Å². The minimum Gasteiger partial charge on any atom is -0.293 e. The number of hydrogen-bond donors (Lipinski definition) is 0. The van der Waals surface area contributed by atoms with E-state index in [2.05, 4.69) is 17.1 Å². The number of Topliss-reactive ketones (excluding diaryl/α,β-unsaturated/α-hetero) is 1. The van der Waals surface area contributed by atoms with E-state index in [1.807, 2.05) is 60.7 Å². The molecule has 7 heteroatoms. The molecule has 0 N–H and O–H groups in total. The molecule has 0 fully saturated rings. The molecular weight excluding hydrogens is 408 g/mol. The molecule has 0 saturated heterocycles. The number of ketones is 1. The fourth-order valence-corrected chi connectivity index (χ4v) is 4.71. The maximum Gasteiger partial charge on any atom is 0.262 e. The van der Waals surface area contributed by atoms with Crippen molar-refractivity contribution >= 4 is 34.2 Å². The summed E-state index contributed by atoms with van der Waals surface area (Å²) in [5, 5.41) is 9.93. The van der Waals surface area contributed by atoms with Crippen molar-refractivity contribution in [3.63, 3.8) is 0 Å². The van der Waals surface area contributed by atoms with Gasteiger partial charge in [0, 0.05) is 12.1 Å². The molecule has 0 aliphatic carbocycles. The monoisotopic (exact) mass is 434 g/mol. The Morgan fingerprint density at radius 3 is 2.65 bits per heavy atom. The summed E-state index contributed by atoms with van der Waals surface area (Å²) in [6.45, 7) is 6.71. The van der Waals surface area contributed by atoms with Crippen molar-refractivity contribution in [2.24, 2.45) is 0 Å². The van der Waals surface area contributed by atoms with E-state index in [0.29, 0.717) is 22.9 Å². The Morgan fingerprint density at radius 1 is 1.06 bits per heavy atom. The Balaban J connectivity index is 1.72. The number of rotatable bonds is 8. The van der Waals surface area contributed by atoms with Crippen LogP contribution in [-0.2, 0) is 6.54 Å². The number of thioether (sulfide) groups is 1. The highest BCUT2D eigenvalue weighted by Gasteiger charge is 2.18. The lowest BCUT2D eigenvalue weighted by Gasteiger charge is -2.11. The number of aromatic nitrogens is 4. The minimum atomic E-state index is -0.0468. The van der Waals surface area contributed by atoms with Crippen molar-refractivity contribution in [2.45, 2.75) is 51.7 Å². The zero-order valence-corrected chi connectivity index (χ0v) is 18.9. The van der Waals surface area contributed by atoms with Crippen LogP contribution >= 0.6 is 11.8 Å². The molecule has 31 heavy (non-hydrogen) atoms. The predicted molar refractivity (Wildman–Crippen MR) is 125 cm³/mol. The fourth-order valence-electron chi connectivity index (χ4n) is 3.88. The Hall–Kier alpha value is -2.93. The zero-order valence-electron chi connectivity index (χ0n) is 18.1. The number of carbonyl (C=O) groups is 1. The molecule has 0 aliphatic heterocycles. The highest BCUT2D eigenvalue weighted by molar-refractivity contribution is 7.99. The van der Waals surface area contributed by atoms with Gasteiger partial charge < -0.3 is 0 Å². The van der Waals surface area contributed by atoms with E-state index in [4.69, 9.17) is 0 Å². The summed E-state index contributed by atoms with van der Waals surface area (Å²) >= 11 is 1.35. The van der Waals surface area contributed by atoms with Crippen molar-refractivity contribution in [1.82, 2.24) is 19.2 Å². The average Bonchev–Trinajstić information content (AvgIpc) is 3.18. The number of carbonyl (C=O) groups excluding carboxylic acids is 1. The predicted octanol–water partition coefficient (Wildman–Crippen LogP) is 4.83. The lowest BCUT2D eigenvalue weighted by Crippen LogP contribution is -2.23. The lowest BCUT2D eigenvalue weighted by atomic mass is 10.0. The van der Waals surface area contributed by atoms with Gasteiger partial charge in [-0.1, -0.05) is 67.4 Å². The highest BCUT2D eigenvalue weighted by Crippen LogP contribution is 2.23. The Morgan fingerprint density at radius 2 is 1.87 bits per heavy atom. The van der Waals surface area contributed by atoms with Crippen molar-refractivity contribution in [2.75, 3.05) is 5.75 Å². The number of nitrogens with zero attached hydrogens (tertiary/aromatic N) is 4. The first-order valence-electron chi connectivity index (χ1n) is 10.6. The summed E-state index contributed by atoms with van der Waals surface area (Å²) in [4.78, 5) is 25.9. The average molecular weight is 435 g/mol. The van der Waals surface area contributed by atoms with Gasteiger partial charge in [0.25, 0.3) is 5.56 Å². The Kier molecular flexibility index (Phi) is 6.23. The first kappa shape index (κ1) is 21.3. The zero-order chi connectivity index (χ0) is 22.0. The molecule has 4 aromatic rings. The molecule has 6 nitrogen and oxygen atoms in total. The fraction of sp³-hybridized carbons (Fsp3) is 0.333. The topological polar surface area (TPSA) is 69.3 Å². The molecule has 0 aliphatic rings. The summed E-state index contributed by atoms with van der Waals surface area (Å²) < 4.78 is 3.61. The van der Waals surface area contributed by atoms with E-state index in [1.54, 1.807) is 4.57 Å². The molecule has 160 valence electrons. The van der Waals surface area contributed by atoms with Gasteiger partial charge in [-0.2, -0.15) is 0 Å². The van der Waals surface area contributed by atoms with Crippen molar-refractivity contribution < 1.29 is 4.79 Å². The molecule has 0 saturated carbocycles. The van der Waals surface area contributed by atoms with Crippen LogP contribution in [0.2, 0.25) is 0 Å². The standard InChI is InChI=1S/C24H26N4O2S/c1-4-5-8-13-27-22(30)19-9-6-7-10-20(19)28-23(27)25-26-24(28)31-15-21(29)18-12-11-16(2)14-17(18)3/h6-7,9-12,14H,4-5,8,13,15H2,1-3H3. The number of hydrogen-bond acceptors (Lipinski definition) is 5. The molecule has 0 unspecified atom stereocenters. The molecule has 0 atom stereocenters. The second-order valence-electron chi connectivity index (χ2n) is 7.83. The van der Waals surface area contributed by atoms with Crippen LogP contribution < -0.4 is 5.56 Å². The minimum absolute atomic E-state index is 0.0468. The molecular formula is C24H26N4O2S. The van der Waals surface area contributed by atoms with Gasteiger partial charge in [-0.05, 0) is 38.0 Å². The van der Waals surface area contributed by atoms with Crippen LogP contribution in [0.15, 0.2) is 52.4 Å². The first-order chi connectivity index (χ1) is 15.0. The van der Waals surface area contributed by atoms with Crippen LogP contribution in [0, 0.1) is 13.8 Å². The van der Waals surface area contributed by atoms with Crippen molar-refractivity contribution in [3.05, 3.63) is 69.5 Å². The maximum absolute atomic E-state index is 13.1. The molecule has 0 bridgehead atoms. The quantitative estimate of drug-likeness (QED) is 0.226. The summed E-state index contributed by atoms with van der Waals surface area (Å²) in [6, 6.07) is 13.4. The van der Waals surface area contributed by atoms with Crippen LogP contribution in [0.25, 0.3) is 16.7 Å². The SMILES string of the molecule is CCCCCn1c(=O)c2ccccc2n2c(SCC(=O)c3ccc(C)cc3C)nnc12. The summed E-state index contributed by atoms with van der Waals surface area (Å²) in [6.07, 6.45) is 3.03. The molecule has 2 aromatic heterocycles. The smallest absolute Gasteiger partial charge is 0.262 e. The number of fused-ring (bicyclic) bond motifs is 3. The third kappa shape index (κ3) is 4.14. The molecule has 2 aromatic carbocycles. The number of aryl methyl sites for hydroxylation is 3. The van der Waals surface area contributed by atoms with Gasteiger partial charge >= 0.3 is 0 Å². The van der Waals surface area contributed by atoms with E-state index < -0.39 is 0 Å². The van der Waals surface area contributed by atoms with Gasteiger partial charge in [-0.25, -0.2) is 0 Å². The number of benzene rings is 2. The Labute approximate surface area is 185 Å². The molecule has 0 amide bonds. The van der Waals surface area contributed by atoms with Gasteiger partial charge in [0.15, 0.2) is 10.9 Å². The summed E-state index contributed by atoms with van der Waals surface area (Å²) in [5.41, 5.74) is 3.56. The van der Waals surface area contributed by atoms with Gasteiger partial charge in [0.2, 0.25) is 5.78 Å². The molecule has 2 heterocycles. The highest BCUT2D eigenvalue weighted by atomic mass is 32.2. The summed E-state index contributed by atoms with van der Waals surface area (Å²) in [7, 11) is 0. The van der Waals surface area contributed by atoms with Crippen LogP contribution in [-0.4, -0.2) is 30.7 Å². The van der Waals surface area contributed by atoms with E-state index in [9.17, 15) is 9.59 Å². The van der Waals surface area contributed by atoms with Gasteiger partial charge in [-0.3, -0.25) is 18.6 Å². The second kappa shape index (κ2) is 9.06. The third-order valence-corrected chi connectivity index (χ3v) is 6.41. The molecule has 4 rings (SSSR count). The van der Waals surface area contributed by atoms with Gasteiger partial charge in [0.1, 0.15) is 0 Å². The summed E-state index contributed by atoms with van der Waals surface area (Å²) in [5.74, 6) is 0.842. The lowest BCUT2D eigenvalue weighted by molar-refractivity contribution is 0.102. The number of para-hydroxylation sites is 1. The van der Waals surface area contributed by atoms with Crippen molar-refractivity contribution in [3.8, 4) is 0 Å². The van der Waals surface area contributed by atoms with Crippen LogP contribution in [0.4, 0.5) is 0 Å². The maximum atomic E-state index is 13.1. The normalized spacial score (nSPS) is 11.5. The molecule has 0 radical (unpaired) electrons. The van der Waals surface area contributed by atoms with Gasteiger partial charge in [0.05, 0.1) is 16.7 Å². The van der Waals surface area contributed by atoms with Crippen LogP contribution in [0.3, 0.4) is 0 Å². The van der Waals surface area contributed by atoms with E-state index in [0.717, 1.165) is 41.5 Å². The van der Waals surface area contributed by atoms with E-state index >= 15 is 0 Å². The largest absolute Gasteiger partial charge is 0.293 e. The third-order valence-electron chi connectivity index (χ3n) is 5.48. The van der Waals surface area contributed by atoms with Crippen molar-refractivity contribution in [1.29, 1.82) is 0 Å².